The van der Waals surface area contributed by atoms with Crippen LogP contribution in [0.1, 0.15) is 87.6 Å². The van der Waals surface area contributed by atoms with Gasteiger partial charge in [0.05, 0.1) is 5.60 Å². The fourth-order valence-corrected chi connectivity index (χ4v) is 8.43. The summed E-state index contributed by atoms with van der Waals surface area (Å²) in [6.07, 6.45) is 10.7. The first-order chi connectivity index (χ1) is 13.8. The summed E-state index contributed by atoms with van der Waals surface area (Å²) < 4.78 is 0. The van der Waals surface area contributed by atoms with E-state index in [1.165, 1.54) is 44.1 Å². The van der Waals surface area contributed by atoms with E-state index in [-0.39, 0.29) is 11.3 Å². The number of carbonyl (C=O) groups excluding carboxylic acids is 1. The van der Waals surface area contributed by atoms with Gasteiger partial charge in [-0.25, -0.2) is 0 Å². The Morgan fingerprint density at radius 1 is 0.897 bits per heavy atom. The van der Waals surface area contributed by atoms with Crippen LogP contribution in [-0.2, 0) is 0 Å². The molecule has 158 valence electrons. The predicted octanol–water partition coefficient (Wildman–Crippen LogP) is 6.20. The van der Waals surface area contributed by atoms with Crippen molar-refractivity contribution in [3.05, 3.63) is 35.4 Å². The van der Waals surface area contributed by atoms with Gasteiger partial charge in [0, 0.05) is 11.5 Å². The van der Waals surface area contributed by atoms with Crippen molar-refractivity contribution < 1.29 is 9.90 Å². The molecule has 4 saturated carbocycles. The lowest BCUT2D eigenvalue weighted by Gasteiger charge is -2.56. The fraction of sp³-hybridized carbons (Fsp3) is 0.741. The van der Waals surface area contributed by atoms with E-state index in [0.717, 1.165) is 54.4 Å². The van der Waals surface area contributed by atoms with E-state index in [0.29, 0.717) is 5.78 Å². The van der Waals surface area contributed by atoms with Crippen LogP contribution in [0.15, 0.2) is 24.3 Å². The normalized spacial score (nSPS) is 46.5. The molecular formula is C27H38O2. The van der Waals surface area contributed by atoms with E-state index in [1.807, 2.05) is 19.1 Å². The van der Waals surface area contributed by atoms with Gasteiger partial charge in [0.2, 0.25) is 0 Å². The largest absolute Gasteiger partial charge is 0.390 e. The second-order valence-electron chi connectivity index (χ2n) is 11.6. The zero-order valence-electron chi connectivity index (χ0n) is 18.5. The highest BCUT2D eigenvalue weighted by Gasteiger charge is 2.58. The predicted molar refractivity (Wildman–Crippen MR) is 117 cm³/mol. The molecular weight excluding hydrogens is 356 g/mol. The molecule has 4 fully saturated rings. The number of Topliss-reactive ketones (excluding diaryl/α,β-unsaturated/α-hetero) is 1. The average Bonchev–Trinajstić information content (AvgIpc) is 3.04. The molecule has 0 radical (unpaired) electrons. The Kier molecular flexibility index (Phi) is 4.74. The first kappa shape index (κ1) is 19.8. The molecule has 1 aromatic rings. The van der Waals surface area contributed by atoms with Crippen molar-refractivity contribution in [1.82, 2.24) is 0 Å². The maximum absolute atomic E-state index is 13.5. The molecule has 4 aliphatic rings. The smallest absolute Gasteiger partial charge is 0.166 e. The zero-order chi connectivity index (χ0) is 20.4. The number of aliphatic hydroxyl groups is 1. The SMILES string of the molecule is Cc1ccc(C(=O)[C@H]2CC[C@H]3[C@@H]4CC[C@@H]5C[C@](C)(O)CC[C@@H]5[C@H]4CC[C@]23C)cc1. The molecule has 29 heavy (non-hydrogen) atoms. The summed E-state index contributed by atoms with van der Waals surface area (Å²) >= 11 is 0. The van der Waals surface area contributed by atoms with Gasteiger partial charge in [-0.05, 0) is 107 Å². The average molecular weight is 395 g/mol. The van der Waals surface area contributed by atoms with Gasteiger partial charge < -0.3 is 5.11 Å². The minimum absolute atomic E-state index is 0.191. The van der Waals surface area contributed by atoms with Crippen LogP contribution in [0.5, 0.6) is 0 Å². The molecule has 0 heterocycles. The van der Waals surface area contributed by atoms with Gasteiger partial charge in [-0.3, -0.25) is 4.79 Å². The highest BCUT2D eigenvalue weighted by Crippen LogP contribution is 2.64. The third kappa shape index (κ3) is 3.21. The third-order valence-electron chi connectivity index (χ3n) is 9.89. The maximum Gasteiger partial charge on any atom is 0.166 e. The summed E-state index contributed by atoms with van der Waals surface area (Å²) in [4.78, 5) is 13.5. The van der Waals surface area contributed by atoms with E-state index >= 15 is 0 Å². The molecule has 2 nitrogen and oxygen atoms in total. The number of benzene rings is 1. The quantitative estimate of drug-likeness (QED) is 0.607. The Balaban J connectivity index is 1.36. The lowest BCUT2D eigenvalue weighted by molar-refractivity contribution is -0.0976. The molecule has 0 unspecified atom stereocenters. The molecule has 1 aromatic carbocycles. The van der Waals surface area contributed by atoms with Crippen LogP contribution >= 0.6 is 0 Å². The van der Waals surface area contributed by atoms with E-state index in [4.69, 9.17) is 0 Å². The monoisotopic (exact) mass is 394 g/mol. The van der Waals surface area contributed by atoms with E-state index in [9.17, 15) is 9.90 Å². The van der Waals surface area contributed by atoms with Gasteiger partial charge in [0.15, 0.2) is 5.78 Å². The molecule has 0 saturated heterocycles. The summed E-state index contributed by atoms with van der Waals surface area (Å²) in [7, 11) is 0. The second kappa shape index (κ2) is 6.94. The number of hydrogen-bond acceptors (Lipinski definition) is 2. The van der Waals surface area contributed by atoms with Gasteiger partial charge in [-0.2, -0.15) is 0 Å². The molecule has 5 rings (SSSR count). The Morgan fingerprint density at radius 2 is 1.62 bits per heavy atom. The minimum atomic E-state index is -0.434. The first-order valence-corrected chi connectivity index (χ1v) is 12.1. The Labute approximate surface area is 176 Å². The standard InChI is InChI=1S/C27H38O2/c1-17-4-6-18(7-5-17)25(28)24-11-10-23-22-9-8-19-16-26(2,29)14-12-20(19)21(22)13-15-27(23,24)3/h4-7,19-24,29H,8-16H2,1-3H3/t19-,20+,21-,22-,23+,24-,26-,27+/m1/s1. The lowest BCUT2D eigenvalue weighted by atomic mass is 9.49. The van der Waals surface area contributed by atoms with Crippen molar-refractivity contribution in [2.75, 3.05) is 0 Å². The third-order valence-corrected chi connectivity index (χ3v) is 9.89. The number of ketones is 1. The highest BCUT2D eigenvalue weighted by atomic mass is 16.3. The summed E-state index contributed by atoms with van der Waals surface area (Å²) in [5, 5.41) is 10.6. The van der Waals surface area contributed by atoms with Crippen LogP contribution in [0.25, 0.3) is 0 Å². The molecule has 0 amide bonds. The van der Waals surface area contributed by atoms with Crippen molar-refractivity contribution in [3.63, 3.8) is 0 Å². The molecule has 8 atom stereocenters. The topological polar surface area (TPSA) is 37.3 Å². The molecule has 0 aromatic heterocycles. The van der Waals surface area contributed by atoms with Crippen LogP contribution in [0.4, 0.5) is 0 Å². The number of carbonyl (C=O) groups is 1. The Morgan fingerprint density at radius 3 is 2.38 bits per heavy atom. The zero-order valence-corrected chi connectivity index (χ0v) is 18.5. The van der Waals surface area contributed by atoms with Crippen LogP contribution in [-0.4, -0.2) is 16.5 Å². The van der Waals surface area contributed by atoms with Crippen LogP contribution in [0.2, 0.25) is 0 Å². The van der Waals surface area contributed by atoms with Gasteiger partial charge in [0.1, 0.15) is 0 Å². The number of hydrogen-bond donors (Lipinski definition) is 1. The van der Waals surface area contributed by atoms with Crippen molar-refractivity contribution in [2.45, 2.75) is 84.2 Å². The van der Waals surface area contributed by atoms with E-state index < -0.39 is 5.60 Å². The van der Waals surface area contributed by atoms with Crippen molar-refractivity contribution in [3.8, 4) is 0 Å². The molecule has 0 bridgehead atoms. The highest BCUT2D eigenvalue weighted by molar-refractivity contribution is 5.98. The summed E-state index contributed by atoms with van der Waals surface area (Å²) in [6.45, 7) is 6.59. The van der Waals surface area contributed by atoms with E-state index in [2.05, 4.69) is 26.0 Å². The molecule has 4 aliphatic carbocycles. The van der Waals surface area contributed by atoms with Crippen molar-refractivity contribution in [1.29, 1.82) is 0 Å². The number of aryl methyl sites for hydroxylation is 1. The second-order valence-corrected chi connectivity index (χ2v) is 11.6. The molecule has 2 heteroatoms. The number of rotatable bonds is 2. The van der Waals surface area contributed by atoms with Crippen LogP contribution < -0.4 is 0 Å². The first-order valence-electron chi connectivity index (χ1n) is 12.1. The van der Waals surface area contributed by atoms with E-state index in [1.54, 1.807) is 0 Å². The summed E-state index contributed by atoms with van der Waals surface area (Å²) in [6, 6.07) is 8.24. The van der Waals surface area contributed by atoms with Crippen molar-refractivity contribution >= 4 is 5.78 Å². The number of fused-ring (bicyclic) bond motifs is 5. The van der Waals surface area contributed by atoms with Gasteiger partial charge >= 0.3 is 0 Å². The minimum Gasteiger partial charge on any atom is -0.390 e. The summed E-state index contributed by atoms with van der Waals surface area (Å²) in [5.74, 6) is 4.55. The van der Waals surface area contributed by atoms with Gasteiger partial charge in [0.25, 0.3) is 0 Å². The summed E-state index contributed by atoms with van der Waals surface area (Å²) in [5.41, 5.74) is 1.90. The van der Waals surface area contributed by atoms with Crippen LogP contribution in [0, 0.1) is 47.8 Å². The molecule has 0 aliphatic heterocycles. The Hall–Kier alpha value is -1.15. The molecule has 0 spiro atoms. The van der Waals surface area contributed by atoms with Crippen molar-refractivity contribution in [2.24, 2.45) is 40.9 Å². The fourth-order valence-electron chi connectivity index (χ4n) is 8.43. The van der Waals surface area contributed by atoms with Gasteiger partial charge in [-0.1, -0.05) is 36.8 Å². The van der Waals surface area contributed by atoms with Crippen LogP contribution in [0.3, 0.4) is 0 Å². The van der Waals surface area contributed by atoms with Gasteiger partial charge in [-0.15, -0.1) is 0 Å². The Bertz CT molecular complexity index is 778. The molecule has 1 N–H and O–H groups in total. The lowest BCUT2D eigenvalue weighted by Crippen LogP contribution is -2.51. The maximum atomic E-state index is 13.5.